The van der Waals surface area contributed by atoms with Crippen LogP contribution in [0.1, 0.15) is 5.76 Å². The molecule has 11 heteroatoms. The zero-order valence-corrected chi connectivity index (χ0v) is 11.7. The Labute approximate surface area is 128 Å². The maximum absolute atomic E-state index is 11.7. The van der Waals surface area contributed by atoms with Crippen molar-refractivity contribution in [2.24, 2.45) is 0 Å². The first-order chi connectivity index (χ1) is 10.9. The molecule has 0 atom stereocenters. The largest absolute Gasteiger partial charge is 0.477 e. The SMILES string of the molecule is Cc1cc(NC(=O)COc2ccc([N+](=O)[O-])cc2[N+](=O)[O-])no1. The Hall–Kier alpha value is -3.50. The van der Waals surface area contributed by atoms with Gasteiger partial charge < -0.3 is 14.6 Å². The van der Waals surface area contributed by atoms with Crippen molar-refractivity contribution in [1.29, 1.82) is 0 Å². The molecule has 1 aromatic carbocycles. The van der Waals surface area contributed by atoms with Crippen LogP contribution in [0, 0.1) is 27.2 Å². The molecule has 1 amide bonds. The summed E-state index contributed by atoms with van der Waals surface area (Å²) >= 11 is 0. The van der Waals surface area contributed by atoms with Crippen molar-refractivity contribution in [3.8, 4) is 5.75 Å². The Morgan fingerprint density at radius 2 is 2.04 bits per heavy atom. The predicted molar refractivity (Wildman–Crippen MR) is 75.1 cm³/mol. The topological polar surface area (TPSA) is 151 Å². The van der Waals surface area contributed by atoms with Crippen LogP contribution >= 0.6 is 0 Å². The van der Waals surface area contributed by atoms with Crippen LogP contribution in [0.15, 0.2) is 28.8 Å². The molecule has 0 radical (unpaired) electrons. The van der Waals surface area contributed by atoms with Gasteiger partial charge in [-0.2, -0.15) is 0 Å². The number of amides is 1. The third-order valence-corrected chi connectivity index (χ3v) is 2.60. The monoisotopic (exact) mass is 322 g/mol. The average Bonchev–Trinajstić information content (AvgIpc) is 2.89. The van der Waals surface area contributed by atoms with E-state index in [9.17, 15) is 25.0 Å². The lowest BCUT2D eigenvalue weighted by Crippen LogP contribution is -2.20. The van der Waals surface area contributed by atoms with Gasteiger partial charge >= 0.3 is 5.69 Å². The summed E-state index contributed by atoms with van der Waals surface area (Å²) in [4.78, 5) is 31.6. The predicted octanol–water partition coefficient (Wildman–Crippen LogP) is 1.82. The maximum atomic E-state index is 11.7. The van der Waals surface area contributed by atoms with Crippen LogP contribution in [0.25, 0.3) is 0 Å². The van der Waals surface area contributed by atoms with E-state index < -0.39 is 33.7 Å². The van der Waals surface area contributed by atoms with Gasteiger partial charge in [-0.05, 0) is 13.0 Å². The fourth-order valence-electron chi connectivity index (χ4n) is 1.63. The number of nitro benzene ring substituents is 2. The summed E-state index contributed by atoms with van der Waals surface area (Å²) in [5.74, 6) is -0.209. The number of benzene rings is 1. The van der Waals surface area contributed by atoms with Crippen LogP contribution in [0.5, 0.6) is 5.75 Å². The van der Waals surface area contributed by atoms with E-state index in [1.807, 2.05) is 0 Å². The molecule has 0 unspecified atom stereocenters. The molecule has 0 spiro atoms. The Kier molecular flexibility index (Phi) is 4.50. The van der Waals surface area contributed by atoms with E-state index in [2.05, 4.69) is 10.5 Å². The molecule has 1 N–H and O–H groups in total. The first kappa shape index (κ1) is 15.9. The average molecular weight is 322 g/mol. The third kappa shape index (κ3) is 4.00. The number of ether oxygens (including phenoxy) is 1. The molecule has 1 aromatic heterocycles. The van der Waals surface area contributed by atoms with Gasteiger partial charge in [-0.15, -0.1) is 0 Å². The fourth-order valence-corrected chi connectivity index (χ4v) is 1.63. The number of aryl methyl sites for hydroxylation is 1. The maximum Gasteiger partial charge on any atom is 0.317 e. The first-order valence-corrected chi connectivity index (χ1v) is 6.15. The fraction of sp³-hybridized carbons (Fsp3) is 0.167. The number of nitro groups is 2. The number of carbonyl (C=O) groups excluding carboxylic acids is 1. The van der Waals surface area contributed by atoms with Crippen LogP contribution in [0.4, 0.5) is 17.2 Å². The molecule has 120 valence electrons. The number of anilines is 1. The van der Waals surface area contributed by atoms with Crippen molar-refractivity contribution in [3.05, 3.63) is 50.3 Å². The second-order valence-corrected chi connectivity index (χ2v) is 4.33. The molecular weight excluding hydrogens is 312 g/mol. The first-order valence-electron chi connectivity index (χ1n) is 6.15. The molecular formula is C12H10N4O7. The summed E-state index contributed by atoms with van der Waals surface area (Å²) in [7, 11) is 0. The molecule has 0 aliphatic carbocycles. The minimum Gasteiger partial charge on any atom is -0.477 e. The van der Waals surface area contributed by atoms with E-state index in [1.165, 1.54) is 6.07 Å². The summed E-state index contributed by atoms with van der Waals surface area (Å²) in [5.41, 5.74) is -1.06. The van der Waals surface area contributed by atoms with Gasteiger partial charge in [0.05, 0.1) is 15.9 Å². The molecule has 0 saturated carbocycles. The number of hydrogen-bond acceptors (Lipinski definition) is 8. The van der Waals surface area contributed by atoms with Gasteiger partial charge in [-0.3, -0.25) is 25.0 Å². The summed E-state index contributed by atoms with van der Waals surface area (Å²) in [6.45, 7) is 1.10. The van der Waals surface area contributed by atoms with E-state index in [1.54, 1.807) is 6.92 Å². The molecule has 0 aliphatic rings. The van der Waals surface area contributed by atoms with Gasteiger partial charge in [0, 0.05) is 12.1 Å². The van der Waals surface area contributed by atoms with Crippen molar-refractivity contribution in [2.45, 2.75) is 6.92 Å². The van der Waals surface area contributed by atoms with Gasteiger partial charge in [0.25, 0.3) is 11.6 Å². The van der Waals surface area contributed by atoms with Crippen LogP contribution in [0.2, 0.25) is 0 Å². The second kappa shape index (κ2) is 6.51. The Morgan fingerprint density at radius 3 is 2.61 bits per heavy atom. The van der Waals surface area contributed by atoms with Gasteiger partial charge in [0.15, 0.2) is 18.2 Å². The van der Waals surface area contributed by atoms with Crippen LogP contribution in [-0.4, -0.2) is 27.5 Å². The molecule has 2 aromatic rings. The van der Waals surface area contributed by atoms with E-state index in [4.69, 9.17) is 9.26 Å². The van der Waals surface area contributed by atoms with Crippen molar-refractivity contribution in [3.63, 3.8) is 0 Å². The summed E-state index contributed by atoms with van der Waals surface area (Å²) in [6, 6.07) is 4.34. The van der Waals surface area contributed by atoms with Crippen LogP contribution in [0.3, 0.4) is 0 Å². The summed E-state index contributed by atoms with van der Waals surface area (Å²) < 4.78 is 9.79. The van der Waals surface area contributed by atoms with Gasteiger partial charge in [-0.1, -0.05) is 5.16 Å². The summed E-state index contributed by atoms with van der Waals surface area (Å²) in [6.07, 6.45) is 0. The van der Waals surface area contributed by atoms with E-state index in [-0.39, 0.29) is 11.6 Å². The lowest BCUT2D eigenvalue weighted by molar-refractivity contribution is -0.394. The van der Waals surface area contributed by atoms with E-state index in [0.717, 1.165) is 18.2 Å². The Balaban J connectivity index is 2.06. The van der Waals surface area contributed by atoms with Gasteiger partial charge in [-0.25, -0.2) is 0 Å². The molecule has 23 heavy (non-hydrogen) atoms. The minimum absolute atomic E-state index is 0.175. The molecule has 11 nitrogen and oxygen atoms in total. The highest BCUT2D eigenvalue weighted by atomic mass is 16.6. The highest BCUT2D eigenvalue weighted by molar-refractivity contribution is 5.90. The number of nitrogens with one attached hydrogen (secondary N) is 1. The molecule has 0 aliphatic heterocycles. The number of aromatic nitrogens is 1. The molecule has 0 fully saturated rings. The van der Waals surface area contributed by atoms with Crippen molar-refractivity contribution in [2.75, 3.05) is 11.9 Å². The normalized spacial score (nSPS) is 10.1. The number of carbonyl (C=O) groups is 1. The number of nitrogens with zero attached hydrogens (tertiary/aromatic N) is 3. The highest BCUT2D eigenvalue weighted by Gasteiger charge is 2.21. The Morgan fingerprint density at radius 1 is 1.30 bits per heavy atom. The number of non-ortho nitro benzene ring substituents is 1. The molecule has 0 bridgehead atoms. The number of hydrogen-bond donors (Lipinski definition) is 1. The Bertz CT molecular complexity index is 771. The van der Waals surface area contributed by atoms with Crippen molar-refractivity contribution >= 4 is 23.1 Å². The van der Waals surface area contributed by atoms with E-state index in [0.29, 0.717) is 5.76 Å². The van der Waals surface area contributed by atoms with Gasteiger partial charge in [0.1, 0.15) is 5.76 Å². The standard InChI is InChI=1S/C12H10N4O7/c1-7-4-11(14-23-7)13-12(17)6-22-10-3-2-8(15(18)19)5-9(10)16(20)21/h2-5H,6H2,1H3,(H,13,14,17). The summed E-state index contributed by atoms with van der Waals surface area (Å²) in [5, 5.41) is 27.4. The lowest BCUT2D eigenvalue weighted by atomic mass is 10.2. The van der Waals surface area contributed by atoms with Crippen molar-refractivity contribution < 1.29 is 23.9 Å². The zero-order chi connectivity index (χ0) is 17.0. The quantitative estimate of drug-likeness (QED) is 0.624. The third-order valence-electron chi connectivity index (χ3n) is 2.60. The van der Waals surface area contributed by atoms with Crippen LogP contribution in [-0.2, 0) is 4.79 Å². The zero-order valence-electron chi connectivity index (χ0n) is 11.7. The van der Waals surface area contributed by atoms with E-state index >= 15 is 0 Å². The molecule has 0 saturated heterocycles. The van der Waals surface area contributed by atoms with Crippen molar-refractivity contribution in [1.82, 2.24) is 5.16 Å². The van der Waals surface area contributed by atoms with Gasteiger partial charge in [0.2, 0.25) is 0 Å². The smallest absolute Gasteiger partial charge is 0.317 e. The number of rotatable bonds is 6. The minimum atomic E-state index is -0.832. The second-order valence-electron chi connectivity index (χ2n) is 4.33. The molecule has 1 heterocycles. The lowest BCUT2D eigenvalue weighted by Gasteiger charge is -2.06. The molecule has 2 rings (SSSR count). The van der Waals surface area contributed by atoms with Crippen LogP contribution < -0.4 is 10.1 Å². The highest BCUT2D eigenvalue weighted by Crippen LogP contribution is 2.30.